The highest BCUT2D eigenvalue weighted by Gasteiger charge is 2.47. The first-order chi connectivity index (χ1) is 17.7. The highest BCUT2D eigenvalue weighted by Crippen LogP contribution is 2.55. The molecule has 4 aliphatic rings. The number of fused-ring (bicyclic) bond motifs is 6. The van der Waals surface area contributed by atoms with Crippen LogP contribution in [0.5, 0.6) is 23.0 Å². The van der Waals surface area contributed by atoms with Crippen LogP contribution in [0.2, 0.25) is 0 Å². The van der Waals surface area contributed by atoms with E-state index in [1.165, 1.54) is 19.3 Å². The van der Waals surface area contributed by atoms with Crippen molar-refractivity contribution in [2.24, 2.45) is 23.7 Å². The summed E-state index contributed by atoms with van der Waals surface area (Å²) in [6.07, 6.45) is 6.55. The van der Waals surface area contributed by atoms with E-state index < -0.39 is 0 Å². The molecule has 2 saturated carbocycles. The minimum Gasteiger partial charge on any atom is -0.508 e. The van der Waals surface area contributed by atoms with E-state index in [1.807, 2.05) is 12.1 Å². The first kappa shape index (κ1) is 28.8. The van der Waals surface area contributed by atoms with Crippen molar-refractivity contribution < 1.29 is 24.5 Å². The maximum absolute atomic E-state index is 11.9. The summed E-state index contributed by atoms with van der Waals surface area (Å²) in [7, 11) is 0. The summed E-state index contributed by atoms with van der Waals surface area (Å²) in [4.78, 5) is 11.9. The molecule has 202 valence electrons. The Kier molecular flexibility index (Phi) is 9.24. The first-order valence-electron chi connectivity index (χ1n) is 13.3. The smallest absolute Gasteiger partial charge is 0.314 e. The SMILES string of the molecule is CC1CC[C@@H]2[C@@H](C1)c1c(O)cccc1OC2(C)C.CC1CC[C@H]2C(=O)Oc3cccc(O)c3[C@@H]2C1.II. The number of halogens is 2. The molecule has 0 amide bonds. The van der Waals surface area contributed by atoms with Crippen molar-refractivity contribution in [1.29, 1.82) is 0 Å². The van der Waals surface area contributed by atoms with E-state index in [4.69, 9.17) is 9.47 Å². The second-order valence-electron chi connectivity index (χ2n) is 11.8. The minimum atomic E-state index is -0.125. The molecule has 0 radical (unpaired) electrons. The Morgan fingerprint density at radius 3 is 1.97 bits per heavy atom. The summed E-state index contributed by atoms with van der Waals surface area (Å²) < 4.78 is 11.5. The number of phenols is 2. The molecule has 7 heteroatoms. The zero-order chi connectivity index (χ0) is 26.9. The summed E-state index contributed by atoms with van der Waals surface area (Å²) in [5.41, 5.74) is 1.77. The molecule has 2 aromatic rings. The predicted octanol–water partition coefficient (Wildman–Crippen LogP) is 8.69. The molecule has 5 nitrogen and oxygen atoms in total. The van der Waals surface area contributed by atoms with Gasteiger partial charge in [0.25, 0.3) is 0 Å². The standard InChI is InChI=1S/C16H22O2.C14H16O3.I2/c1-10-7-8-12-11(9-10)15-13(17)5-4-6-14(15)18-16(12,2)3;1-8-5-6-9-10(7-8)13-11(15)3-2-4-12(13)17-14(9)16;1-2/h4-6,10-12,17H,7-9H2,1-3H3;2-4,8-10,15H,5-7H2,1H3;/t10?,11-,12-;8?,9-,10-;/m11./s1. The van der Waals surface area contributed by atoms with Gasteiger partial charge in [-0.25, -0.2) is 0 Å². The molecular weight excluding hydrogens is 694 g/mol. The van der Waals surface area contributed by atoms with Gasteiger partial charge in [0, 0.05) is 60.2 Å². The average Bonchev–Trinajstić information content (AvgIpc) is 2.85. The molecule has 2 heterocycles. The zero-order valence-corrected chi connectivity index (χ0v) is 26.4. The van der Waals surface area contributed by atoms with Gasteiger partial charge in [-0.15, -0.1) is 0 Å². The Bertz CT molecular complexity index is 1120. The van der Waals surface area contributed by atoms with Crippen LogP contribution in [0.25, 0.3) is 0 Å². The third-order valence-corrected chi connectivity index (χ3v) is 8.83. The Balaban J connectivity index is 0.000000162. The topological polar surface area (TPSA) is 76.0 Å². The zero-order valence-electron chi connectivity index (χ0n) is 22.0. The lowest BCUT2D eigenvalue weighted by atomic mass is 9.64. The van der Waals surface area contributed by atoms with Crippen LogP contribution in [-0.4, -0.2) is 21.8 Å². The molecule has 0 saturated heterocycles. The van der Waals surface area contributed by atoms with Gasteiger partial charge in [0.15, 0.2) is 0 Å². The molecule has 2 N–H and O–H groups in total. The van der Waals surface area contributed by atoms with E-state index in [2.05, 4.69) is 64.9 Å². The van der Waals surface area contributed by atoms with Gasteiger partial charge in [0.1, 0.15) is 28.6 Å². The lowest BCUT2D eigenvalue weighted by molar-refractivity contribution is -0.142. The molecule has 6 atom stereocenters. The normalized spacial score (nSPS) is 30.7. The van der Waals surface area contributed by atoms with Crippen molar-refractivity contribution in [3.05, 3.63) is 47.5 Å². The molecule has 2 fully saturated rings. The summed E-state index contributed by atoms with van der Waals surface area (Å²) >= 11 is 4.24. The largest absolute Gasteiger partial charge is 0.508 e. The van der Waals surface area contributed by atoms with Crippen molar-refractivity contribution >= 4 is 43.2 Å². The van der Waals surface area contributed by atoms with E-state index in [0.717, 1.165) is 42.1 Å². The summed E-state index contributed by atoms with van der Waals surface area (Å²) in [6.45, 7) is 8.90. The number of rotatable bonds is 0. The van der Waals surface area contributed by atoms with E-state index >= 15 is 0 Å². The lowest BCUT2D eigenvalue weighted by Gasteiger charge is -2.48. The van der Waals surface area contributed by atoms with Gasteiger partial charge >= 0.3 is 5.97 Å². The van der Waals surface area contributed by atoms with Gasteiger partial charge in [-0.2, -0.15) is 0 Å². The number of esters is 1. The van der Waals surface area contributed by atoms with Crippen molar-refractivity contribution in [2.45, 2.75) is 83.7 Å². The molecule has 0 aromatic heterocycles. The fourth-order valence-corrected chi connectivity index (χ4v) is 7.05. The molecular formula is C30H38I2O5. The Hall–Kier alpha value is -1.23. The molecule has 6 rings (SSSR count). The fraction of sp³-hybridized carbons (Fsp3) is 0.567. The van der Waals surface area contributed by atoms with Crippen LogP contribution in [0.4, 0.5) is 0 Å². The number of hydrogen-bond acceptors (Lipinski definition) is 5. The molecule has 2 unspecified atom stereocenters. The van der Waals surface area contributed by atoms with E-state index in [9.17, 15) is 15.0 Å². The van der Waals surface area contributed by atoms with Crippen LogP contribution in [0.3, 0.4) is 0 Å². The Labute approximate surface area is 244 Å². The summed E-state index contributed by atoms with van der Waals surface area (Å²) in [5, 5.41) is 20.1. The van der Waals surface area contributed by atoms with Gasteiger partial charge in [-0.3, -0.25) is 4.79 Å². The van der Waals surface area contributed by atoms with E-state index in [-0.39, 0.29) is 29.2 Å². The third-order valence-electron chi connectivity index (χ3n) is 8.83. The van der Waals surface area contributed by atoms with Crippen molar-refractivity contribution in [3.63, 3.8) is 0 Å². The predicted molar refractivity (Wildman–Crippen MR) is 163 cm³/mol. The molecule has 2 aliphatic carbocycles. The van der Waals surface area contributed by atoms with Crippen LogP contribution in [-0.2, 0) is 4.79 Å². The summed E-state index contributed by atoms with van der Waals surface area (Å²) in [5.74, 6) is 4.38. The highest BCUT2D eigenvalue weighted by molar-refractivity contribution is 15.0. The molecule has 2 aliphatic heterocycles. The highest BCUT2D eigenvalue weighted by atomic mass is 128. The van der Waals surface area contributed by atoms with Gasteiger partial charge in [-0.05, 0) is 88.0 Å². The average molecular weight is 732 g/mol. The lowest BCUT2D eigenvalue weighted by Crippen LogP contribution is -2.46. The van der Waals surface area contributed by atoms with Gasteiger partial charge in [0.05, 0.1) is 5.92 Å². The number of carbonyl (C=O) groups excluding carboxylic acids is 1. The Morgan fingerprint density at radius 2 is 1.32 bits per heavy atom. The quantitative estimate of drug-likeness (QED) is 0.161. The van der Waals surface area contributed by atoms with Crippen LogP contribution >= 0.6 is 37.2 Å². The van der Waals surface area contributed by atoms with Crippen molar-refractivity contribution in [3.8, 4) is 23.0 Å². The van der Waals surface area contributed by atoms with Gasteiger partial charge in [-0.1, -0.05) is 32.4 Å². The molecule has 37 heavy (non-hydrogen) atoms. The molecule has 0 bridgehead atoms. The van der Waals surface area contributed by atoms with Crippen molar-refractivity contribution in [2.75, 3.05) is 0 Å². The van der Waals surface area contributed by atoms with Crippen molar-refractivity contribution in [1.82, 2.24) is 0 Å². The van der Waals surface area contributed by atoms with Crippen LogP contribution in [0.1, 0.15) is 89.2 Å². The number of aromatic hydroxyl groups is 2. The Morgan fingerprint density at radius 1 is 0.784 bits per heavy atom. The molecule has 2 aromatic carbocycles. The fourth-order valence-electron chi connectivity index (χ4n) is 7.05. The van der Waals surface area contributed by atoms with Crippen LogP contribution in [0, 0.1) is 23.7 Å². The maximum Gasteiger partial charge on any atom is 0.314 e. The number of hydrogen-bond donors (Lipinski definition) is 2. The minimum absolute atomic E-state index is 0.0630. The monoisotopic (exact) mass is 732 g/mol. The number of ether oxygens (including phenoxy) is 2. The molecule has 0 spiro atoms. The second-order valence-corrected chi connectivity index (χ2v) is 11.8. The number of benzene rings is 2. The second kappa shape index (κ2) is 11.9. The number of phenolic OH excluding ortho intramolecular Hbond substituents is 2. The van der Waals surface area contributed by atoms with Gasteiger partial charge in [0.2, 0.25) is 0 Å². The van der Waals surface area contributed by atoms with E-state index in [1.54, 1.807) is 24.3 Å². The third kappa shape index (κ3) is 5.87. The van der Waals surface area contributed by atoms with Crippen LogP contribution < -0.4 is 9.47 Å². The number of carbonyl (C=O) groups is 1. The summed E-state index contributed by atoms with van der Waals surface area (Å²) in [6, 6.07) is 10.8. The maximum atomic E-state index is 11.9. The first-order valence-corrected chi connectivity index (χ1v) is 19.6. The van der Waals surface area contributed by atoms with Crippen LogP contribution in [0.15, 0.2) is 36.4 Å². The van der Waals surface area contributed by atoms with Gasteiger partial charge < -0.3 is 19.7 Å². The van der Waals surface area contributed by atoms with E-state index in [0.29, 0.717) is 29.3 Å².